The van der Waals surface area contributed by atoms with Gasteiger partial charge in [0.25, 0.3) is 5.91 Å². The fourth-order valence-corrected chi connectivity index (χ4v) is 3.49. The van der Waals surface area contributed by atoms with Gasteiger partial charge in [-0.25, -0.2) is 13.4 Å². The van der Waals surface area contributed by atoms with Crippen LogP contribution in [-0.2, 0) is 9.84 Å². The van der Waals surface area contributed by atoms with Gasteiger partial charge in [-0.2, -0.15) is 0 Å². The Kier molecular flexibility index (Phi) is 6.28. The van der Waals surface area contributed by atoms with Gasteiger partial charge in [-0.3, -0.25) is 4.79 Å². The number of nitrogens with zero attached hydrogens (tertiary/aromatic N) is 1. The number of carbonyl (C=O) groups is 1. The Bertz CT molecular complexity index is 1180. The zero-order valence-corrected chi connectivity index (χ0v) is 17.9. The quantitative estimate of drug-likeness (QED) is 0.590. The number of ether oxygens (including phenoxy) is 1. The number of hydrogen-bond donors (Lipinski definition) is 2. The number of nitrogens with one attached hydrogen (secondary N) is 1. The Morgan fingerprint density at radius 3 is 2.53 bits per heavy atom. The van der Waals surface area contributed by atoms with Gasteiger partial charge in [0.2, 0.25) is 0 Å². The average molecular weight is 446 g/mol. The summed E-state index contributed by atoms with van der Waals surface area (Å²) in [7, 11) is -3.32. The number of rotatable bonds is 6. The van der Waals surface area contributed by atoms with Gasteiger partial charge in [-0.1, -0.05) is 23.7 Å². The van der Waals surface area contributed by atoms with Gasteiger partial charge >= 0.3 is 0 Å². The molecule has 2 aromatic carbocycles. The Hall–Kier alpha value is -3.10. The lowest BCUT2D eigenvalue weighted by atomic mass is 10.1. The minimum atomic E-state index is -3.32. The van der Waals surface area contributed by atoms with Crippen LogP contribution in [0.15, 0.2) is 65.7 Å². The van der Waals surface area contributed by atoms with Gasteiger partial charge in [-0.05, 0) is 48.9 Å². The molecule has 30 heavy (non-hydrogen) atoms. The number of hydrogen-bond acceptors (Lipinski definition) is 6. The number of aromatic nitrogens is 1. The number of sulfone groups is 1. The van der Waals surface area contributed by atoms with E-state index in [2.05, 4.69) is 10.3 Å². The molecule has 1 heterocycles. The van der Waals surface area contributed by atoms with Crippen LogP contribution in [0.4, 0.5) is 11.5 Å². The lowest BCUT2D eigenvalue weighted by Gasteiger charge is -2.17. The largest absolute Gasteiger partial charge is 0.482 e. The SMILES string of the molecule is CC(Oc1cc(Cl)cnc1N)c1cccc(NC(=O)c2ccc(S(C)(=O)=O)cc2)c1. The monoisotopic (exact) mass is 445 g/mol. The molecule has 0 bridgehead atoms. The van der Waals surface area contributed by atoms with Gasteiger partial charge in [0, 0.05) is 29.8 Å². The molecule has 0 saturated heterocycles. The second-order valence-electron chi connectivity index (χ2n) is 6.67. The number of pyridine rings is 1. The molecule has 0 saturated carbocycles. The van der Waals surface area contributed by atoms with Gasteiger partial charge in [0.05, 0.1) is 9.92 Å². The van der Waals surface area contributed by atoms with Crippen molar-refractivity contribution in [2.45, 2.75) is 17.9 Å². The first-order valence-electron chi connectivity index (χ1n) is 8.92. The number of halogens is 1. The van der Waals surface area contributed by atoms with Gasteiger partial charge in [0.15, 0.2) is 21.4 Å². The van der Waals surface area contributed by atoms with Crippen LogP contribution in [0.2, 0.25) is 5.02 Å². The zero-order chi connectivity index (χ0) is 21.9. The highest BCUT2D eigenvalue weighted by Gasteiger charge is 2.13. The number of nitrogens with two attached hydrogens (primary N) is 1. The van der Waals surface area contributed by atoms with Crippen LogP contribution in [0.1, 0.15) is 28.9 Å². The minimum Gasteiger partial charge on any atom is -0.482 e. The van der Waals surface area contributed by atoms with Gasteiger partial charge < -0.3 is 15.8 Å². The highest BCUT2D eigenvalue weighted by Crippen LogP contribution is 2.29. The van der Waals surface area contributed by atoms with Crippen molar-refractivity contribution in [2.24, 2.45) is 0 Å². The van der Waals surface area contributed by atoms with E-state index in [1.165, 1.54) is 30.5 Å². The molecule has 0 aliphatic rings. The van der Waals surface area contributed by atoms with Crippen molar-refractivity contribution < 1.29 is 17.9 Å². The lowest BCUT2D eigenvalue weighted by molar-refractivity contribution is 0.102. The molecule has 0 fully saturated rings. The predicted octanol–water partition coefficient (Wildman–Crippen LogP) is 4.11. The maximum absolute atomic E-state index is 12.5. The number of nitrogen functional groups attached to an aromatic ring is 1. The van der Waals surface area contributed by atoms with E-state index in [4.69, 9.17) is 22.1 Å². The van der Waals surface area contributed by atoms with Crippen LogP contribution in [0.5, 0.6) is 5.75 Å². The summed E-state index contributed by atoms with van der Waals surface area (Å²) in [5, 5.41) is 3.21. The third-order valence-corrected chi connectivity index (χ3v) is 5.65. The summed E-state index contributed by atoms with van der Waals surface area (Å²) < 4.78 is 29.0. The molecule has 1 unspecified atom stereocenters. The Balaban J connectivity index is 1.73. The Morgan fingerprint density at radius 2 is 1.87 bits per heavy atom. The molecule has 1 amide bonds. The van der Waals surface area contributed by atoms with Crippen molar-refractivity contribution in [3.05, 3.63) is 76.9 Å². The molecular formula is C21H20ClN3O4S. The number of benzene rings is 2. The van der Waals surface area contributed by atoms with E-state index in [0.717, 1.165) is 11.8 Å². The highest BCUT2D eigenvalue weighted by atomic mass is 35.5. The molecule has 1 aromatic heterocycles. The molecule has 3 N–H and O–H groups in total. The standard InChI is InChI=1S/C21H20ClN3O4S/c1-13(29-19-11-16(22)12-24-20(19)23)15-4-3-5-17(10-15)25-21(26)14-6-8-18(9-7-14)30(2,27)28/h3-13H,1-2H3,(H2,23,24)(H,25,26). The Labute approximate surface area is 179 Å². The number of amides is 1. The average Bonchev–Trinajstić information content (AvgIpc) is 2.70. The third-order valence-electron chi connectivity index (χ3n) is 4.31. The summed E-state index contributed by atoms with van der Waals surface area (Å²) in [6.45, 7) is 1.84. The molecule has 0 spiro atoms. The van der Waals surface area contributed by atoms with Crippen LogP contribution in [0.3, 0.4) is 0 Å². The van der Waals surface area contributed by atoms with E-state index in [1.807, 2.05) is 13.0 Å². The van der Waals surface area contributed by atoms with Crippen LogP contribution in [0, 0.1) is 0 Å². The maximum atomic E-state index is 12.5. The topological polar surface area (TPSA) is 111 Å². The fourth-order valence-electron chi connectivity index (χ4n) is 2.71. The van der Waals surface area contributed by atoms with E-state index in [-0.39, 0.29) is 22.7 Å². The van der Waals surface area contributed by atoms with Gasteiger partial charge in [-0.15, -0.1) is 0 Å². The first-order chi connectivity index (χ1) is 14.1. The van der Waals surface area contributed by atoms with E-state index in [9.17, 15) is 13.2 Å². The van der Waals surface area contributed by atoms with Crippen molar-refractivity contribution >= 4 is 38.9 Å². The smallest absolute Gasteiger partial charge is 0.255 e. The predicted molar refractivity (Wildman–Crippen MR) is 117 cm³/mol. The van der Waals surface area contributed by atoms with Crippen molar-refractivity contribution in [3.8, 4) is 5.75 Å². The van der Waals surface area contributed by atoms with Crippen molar-refractivity contribution in [3.63, 3.8) is 0 Å². The van der Waals surface area contributed by atoms with E-state index in [1.54, 1.807) is 24.3 Å². The Morgan fingerprint density at radius 1 is 1.17 bits per heavy atom. The van der Waals surface area contributed by atoms with Crippen LogP contribution in [0.25, 0.3) is 0 Å². The maximum Gasteiger partial charge on any atom is 0.255 e. The molecule has 0 radical (unpaired) electrons. The molecule has 3 aromatic rings. The minimum absolute atomic E-state index is 0.154. The molecule has 3 rings (SSSR count). The van der Waals surface area contributed by atoms with E-state index >= 15 is 0 Å². The van der Waals surface area contributed by atoms with Crippen molar-refractivity contribution in [1.29, 1.82) is 0 Å². The molecule has 0 aliphatic carbocycles. The molecule has 1 atom stereocenters. The molecule has 7 nitrogen and oxygen atoms in total. The van der Waals surface area contributed by atoms with Crippen molar-refractivity contribution in [1.82, 2.24) is 4.98 Å². The molecular weight excluding hydrogens is 426 g/mol. The first kappa shape index (κ1) is 21.6. The normalized spacial score (nSPS) is 12.2. The summed E-state index contributed by atoms with van der Waals surface area (Å²) in [6, 6.07) is 14.5. The molecule has 9 heteroatoms. The third kappa shape index (κ3) is 5.28. The lowest BCUT2D eigenvalue weighted by Crippen LogP contribution is -2.13. The number of anilines is 2. The highest BCUT2D eigenvalue weighted by molar-refractivity contribution is 7.90. The molecule has 0 aliphatic heterocycles. The first-order valence-corrected chi connectivity index (χ1v) is 11.2. The summed E-state index contributed by atoms with van der Waals surface area (Å²) >= 11 is 5.94. The van der Waals surface area contributed by atoms with E-state index < -0.39 is 9.84 Å². The molecule has 156 valence electrons. The second-order valence-corrected chi connectivity index (χ2v) is 9.13. The van der Waals surface area contributed by atoms with Crippen LogP contribution >= 0.6 is 11.6 Å². The summed E-state index contributed by atoms with van der Waals surface area (Å²) in [4.78, 5) is 16.6. The summed E-state index contributed by atoms with van der Waals surface area (Å²) in [5.74, 6) is 0.243. The summed E-state index contributed by atoms with van der Waals surface area (Å²) in [5.41, 5.74) is 7.54. The second kappa shape index (κ2) is 8.73. The van der Waals surface area contributed by atoms with Crippen LogP contribution < -0.4 is 15.8 Å². The van der Waals surface area contributed by atoms with Crippen molar-refractivity contribution in [2.75, 3.05) is 17.3 Å². The van der Waals surface area contributed by atoms with Gasteiger partial charge in [0.1, 0.15) is 6.10 Å². The zero-order valence-electron chi connectivity index (χ0n) is 16.3. The fraction of sp³-hybridized carbons (Fsp3) is 0.143. The van der Waals surface area contributed by atoms with E-state index in [0.29, 0.717) is 22.0 Å². The number of carbonyl (C=O) groups excluding carboxylic acids is 1. The van der Waals surface area contributed by atoms with Crippen LogP contribution in [-0.4, -0.2) is 25.6 Å². The summed E-state index contributed by atoms with van der Waals surface area (Å²) in [6.07, 6.45) is 2.18.